The highest BCUT2D eigenvalue weighted by Crippen LogP contribution is 2.21. The van der Waals surface area contributed by atoms with E-state index < -0.39 is 5.97 Å². The van der Waals surface area contributed by atoms with Crippen LogP contribution in [0.4, 0.5) is 0 Å². The molecule has 17 heavy (non-hydrogen) atoms. The summed E-state index contributed by atoms with van der Waals surface area (Å²) in [7, 11) is 3.90. The first kappa shape index (κ1) is 14.0. The molecule has 1 aliphatic heterocycles. The van der Waals surface area contributed by atoms with Gasteiger partial charge in [0.2, 0.25) is 5.91 Å². The van der Waals surface area contributed by atoms with Gasteiger partial charge in [-0.05, 0) is 32.9 Å². The minimum atomic E-state index is -0.748. The van der Waals surface area contributed by atoms with Crippen molar-refractivity contribution in [1.82, 2.24) is 9.80 Å². The van der Waals surface area contributed by atoms with Crippen LogP contribution in [-0.2, 0) is 9.59 Å². The fourth-order valence-electron chi connectivity index (χ4n) is 2.10. The molecule has 1 saturated heterocycles. The normalized spacial score (nSPS) is 19.9. The van der Waals surface area contributed by atoms with Gasteiger partial charge in [0.05, 0.1) is 0 Å². The number of carboxylic acids is 1. The van der Waals surface area contributed by atoms with Crippen LogP contribution in [0.2, 0.25) is 0 Å². The lowest BCUT2D eigenvalue weighted by molar-refractivity contribution is -0.137. The minimum Gasteiger partial charge on any atom is -0.481 e. The van der Waals surface area contributed by atoms with E-state index in [0.717, 1.165) is 26.1 Å². The lowest BCUT2D eigenvalue weighted by Crippen LogP contribution is -2.31. The highest BCUT2D eigenvalue weighted by Gasteiger charge is 2.26. The minimum absolute atomic E-state index is 0.191. The molecule has 5 nitrogen and oxygen atoms in total. The summed E-state index contributed by atoms with van der Waals surface area (Å²) in [4.78, 5) is 26.1. The smallest absolute Gasteiger partial charge is 0.303 e. The Balaban J connectivity index is 2.24. The Hall–Kier alpha value is -1.10. The van der Waals surface area contributed by atoms with Gasteiger partial charge in [-0.3, -0.25) is 9.59 Å². The zero-order valence-electron chi connectivity index (χ0n) is 10.7. The van der Waals surface area contributed by atoms with E-state index in [4.69, 9.17) is 5.11 Å². The molecule has 0 aromatic rings. The summed E-state index contributed by atoms with van der Waals surface area (Å²) >= 11 is 0. The molecule has 0 aromatic carbocycles. The van der Waals surface area contributed by atoms with Crippen LogP contribution in [0.3, 0.4) is 0 Å². The summed E-state index contributed by atoms with van der Waals surface area (Å²) in [5.41, 5.74) is 0. The van der Waals surface area contributed by atoms with Crippen LogP contribution in [0.15, 0.2) is 0 Å². The van der Waals surface area contributed by atoms with Crippen LogP contribution in [0.1, 0.15) is 25.7 Å². The molecule has 0 aliphatic carbocycles. The number of carbonyl (C=O) groups is 2. The maximum absolute atomic E-state index is 11.8. The molecule has 1 fully saturated rings. The second-order valence-corrected chi connectivity index (χ2v) is 4.98. The Labute approximate surface area is 102 Å². The topological polar surface area (TPSA) is 60.9 Å². The molecule has 1 atom stereocenters. The van der Waals surface area contributed by atoms with Crippen molar-refractivity contribution in [1.29, 1.82) is 0 Å². The van der Waals surface area contributed by atoms with E-state index in [1.165, 1.54) is 0 Å². The predicted octanol–water partition coefficient (Wildman–Crippen LogP) is 0.651. The number of hydrogen-bond acceptors (Lipinski definition) is 3. The third-order valence-electron chi connectivity index (χ3n) is 3.18. The van der Waals surface area contributed by atoms with Crippen LogP contribution >= 0.6 is 0 Å². The van der Waals surface area contributed by atoms with Gasteiger partial charge in [-0.15, -0.1) is 0 Å². The monoisotopic (exact) mass is 242 g/mol. The van der Waals surface area contributed by atoms with Gasteiger partial charge in [0.25, 0.3) is 0 Å². The number of carbonyl (C=O) groups excluding carboxylic acids is 1. The molecule has 1 aliphatic rings. The van der Waals surface area contributed by atoms with Gasteiger partial charge in [-0.1, -0.05) is 0 Å². The van der Waals surface area contributed by atoms with Crippen molar-refractivity contribution in [3.63, 3.8) is 0 Å². The van der Waals surface area contributed by atoms with Crippen molar-refractivity contribution >= 4 is 11.9 Å². The highest BCUT2D eigenvalue weighted by atomic mass is 16.4. The third kappa shape index (κ3) is 5.17. The van der Waals surface area contributed by atoms with E-state index in [1.807, 2.05) is 23.9 Å². The molecule has 1 amide bonds. The van der Waals surface area contributed by atoms with Gasteiger partial charge in [0.1, 0.15) is 0 Å². The average Bonchev–Trinajstić information content (AvgIpc) is 2.71. The quantitative estimate of drug-likeness (QED) is 0.743. The first-order valence-electron chi connectivity index (χ1n) is 6.13. The number of rotatable bonds is 6. The highest BCUT2D eigenvalue weighted by molar-refractivity contribution is 5.76. The fourth-order valence-corrected chi connectivity index (χ4v) is 2.10. The molecule has 0 radical (unpaired) electrons. The molecule has 5 heteroatoms. The molecule has 1 unspecified atom stereocenters. The first-order chi connectivity index (χ1) is 7.99. The third-order valence-corrected chi connectivity index (χ3v) is 3.18. The summed E-state index contributed by atoms with van der Waals surface area (Å²) < 4.78 is 0. The molecule has 1 rings (SSSR count). The summed E-state index contributed by atoms with van der Waals surface area (Å²) in [6.07, 6.45) is 2.40. The van der Waals surface area contributed by atoms with Gasteiger partial charge in [-0.2, -0.15) is 0 Å². The number of nitrogens with zero attached hydrogens (tertiary/aromatic N) is 2. The largest absolute Gasteiger partial charge is 0.481 e. The van der Waals surface area contributed by atoms with Crippen molar-refractivity contribution in [2.24, 2.45) is 5.92 Å². The van der Waals surface area contributed by atoms with E-state index >= 15 is 0 Å². The number of likely N-dealkylation sites (tertiary alicyclic amines) is 1. The summed E-state index contributed by atoms with van der Waals surface area (Å²) in [6, 6.07) is 0. The van der Waals surface area contributed by atoms with Crippen LogP contribution < -0.4 is 0 Å². The van der Waals surface area contributed by atoms with Gasteiger partial charge < -0.3 is 14.9 Å². The van der Waals surface area contributed by atoms with Gasteiger partial charge in [0.15, 0.2) is 0 Å². The molecular weight excluding hydrogens is 220 g/mol. The first-order valence-corrected chi connectivity index (χ1v) is 6.13. The number of hydrogen-bond donors (Lipinski definition) is 1. The van der Waals surface area contributed by atoms with Crippen molar-refractivity contribution in [2.75, 3.05) is 33.7 Å². The van der Waals surface area contributed by atoms with Gasteiger partial charge >= 0.3 is 5.97 Å². The summed E-state index contributed by atoms with van der Waals surface area (Å²) in [5, 5.41) is 8.61. The number of carboxylic acid groups (broad SMARTS) is 1. The zero-order valence-corrected chi connectivity index (χ0v) is 10.7. The summed E-state index contributed by atoms with van der Waals surface area (Å²) in [6.45, 7) is 2.30. The van der Waals surface area contributed by atoms with E-state index in [1.54, 1.807) is 0 Å². The van der Waals surface area contributed by atoms with Crippen molar-refractivity contribution in [2.45, 2.75) is 25.7 Å². The second-order valence-electron chi connectivity index (χ2n) is 4.98. The Morgan fingerprint density at radius 2 is 2.06 bits per heavy atom. The van der Waals surface area contributed by atoms with Crippen molar-refractivity contribution < 1.29 is 14.7 Å². The molecule has 1 N–H and O–H groups in total. The lowest BCUT2D eigenvalue weighted by atomic mass is 10.0. The second kappa shape index (κ2) is 6.59. The Morgan fingerprint density at radius 1 is 1.35 bits per heavy atom. The van der Waals surface area contributed by atoms with E-state index in [2.05, 4.69) is 0 Å². The van der Waals surface area contributed by atoms with Crippen LogP contribution in [0.5, 0.6) is 0 Å². The number of amides is 1. The molecule has 98 valence electrons. The Bertz CT molecular complexity index is 279. The van der Waals surface area contributed by atoms with Crippen LogP contribution in [-0.4, -0.2) is 60.5 Å². The van der Waals surface area contributed by atoms with E-state index in [-0.39, 0.29) is 12.3 Å². The Kier molecular flexibility index (Phi) is 5.41. The number of aliphatic carboxylic acids is 1. The predicted molar refractivity (Wildman–Crippen MR) is 64.7 cm³/mol. The summed E-state index contributed by atoms with van der Waals surface area (Å²) in [5.74, 6) is -0.187. The molecular formula is C12H22N2O3. The van der Waals surface area contributed by atoms with Crippen molar-refractivity contribution in [3.8, 4) is 0 Å². The van der Waals surface area contributed by atoms with Crippen LogP contribution in [0.25, 0.3) is 0 Å². The van der Waals surface area contributed by atoms with E-state index in [0.29, 0.717) is 18.8 Å². The van der Waals surface area contributed by atoms with E-state index in [9.17, 15) is 9.59 Å². The maximum atomic E-state index is 11.8. The molecule has 0 aromatic heterocycles. The Morgan fingerprint density at radius 3 is 2.65 bits per heavy atom. The fraction of sp³-hybridized carbons (Fsp3) is 0.833. The maximum Gasteiger partial charge on any atom is 0.303 e. The zero-order chi connectivity index (χ0) is 12.8. The van der Waals surface area contributed by atoms with Gasteiger partial charge in [0, 0.05) is 32.5 Å². The van der Waals surface area contributed by atoms with Crippen LogP contribution in [0, 0.1) is 5.92 Å². The average molecular weight is 242 g/mol. The SMILES string of the molecule is CN(C)CCC(=O)N1CCC(CCC(=O)O)C1. The molecule has 1 heterocycles. The lowest BCUT2D eigenvalue weighted by Gasteiger charge is -2.17. The standard InChI is InChI=1S/C12H22N2O3/c1-13(2)7-6-11(15)14-8-5-10(9-14)3-4-12(16)17/h10H,3-9H2,1-2H3,(H,16,17). The van der Waals surface area contributed by atoms with Gasteiger partial charge in [-0.25, -0.2) is 0 Å². The molecule has 0 bridgehead atoms. The molecule has 0 saturated carbocycles. The molecule has 0 spiro atoms. The van der Waals surface area contributed by atoms with Crippen molar-refractivity contribution in [3.05, 3.63) is 0 Å².